The highest BCUT2D eigenvalue weighted by Gasteiger charge is 2.30. The molecule has 0 aromatic carbocycles. The Morgan fingerprint density at radius 1 is 1.30 bits per heavy atom. The Bertz CT molecular complexity index is 874. The predicted octanol–water partition coefficient (Wildman–Crippen LogP) is 2.50. The van der Waals surface area contributed by atoms with Gasteiger partial charge in [-0.05, 0) is 18.3 Å². The molecule has 7 heteroatoms. The molecule has 2 saturated heterocycles. The maximum atomic E-state index is 9.59. The fraction of sp³-hybridized carbons (Fsp3) is 0.500. The third kappa shape index (κ3) is 3.96. The van der Waals surface area contributed by atoms with E-state index in [-0.39, 0.29) is 12.0 Å². The van der Waals surface area contributed by atoms with E-state index in [9.17, 15) is 5.11 Å². The summed E-state index contributed by atoms with van der Waals surface area (Å²) in [5, 5.41) is 14.4. The summed E-state index contributed by atoms with van der Waals surface area (Å²) < 4.78 is 7.12. The van der Waals surface area contributed by atoms with Crippen molar-refractivity contribution in [2.45, 2.75) is 25.8 Å². The van der Waals surface area contributed by atoms with Crippen LogP contribution in [0.15, 0.2) is 24.7 Å². The molecule has 0 aliphatic carbocycles. The lowest BCUT2D eigenvalue weighted by molar-refractivity contribution is -0.0286. The van der Waals surface area contributed by atoms with Crippen molar-refractivity contribution in [1.29, 1.82) is 0 Å². The van der Waals surface area contributed by atoms with Crippen LogP contribution in [0.2, 0.25) is 5.15 Å². The van der Waals surface area contributed by atoms with Crippen molar-refractivity contribution in [2.24, 2.45) is 5.41 Å². The monoisotopic (exact) mass is 386 g/mol. The van der Waals surface area contributed by atoms with Gasteiger partial charge in [0.05, 0.1) is 42.3 Å². The van der Waals surface area contributed by atoms with Crippen LogP contribution in [0.1, 0.15) is 36.9 Å². The Morgan fingerprint density at radius 2 is 2.07 bits per heavy atom. The number of aliphatic hydroxyl groups excluding tert-OH is 1. The summed E-state index contributed by atoms with van der Waals surface area (Å²) in [5.41, 5.74) is 2.72. The zero-order valence-corrected chi connectivity index (χ0v) is 16.1. The smallest absolute Gasteiger partial charge is 0.131 e. The second kappa shape index (κ2) is 7.51. The van der Waals surface area contributed by atoms with Crippen molar-refractivity contribution in [3.63, 3.8) is 0 Å². The zero-order chi connectivity index (χ0) is 18.9. The molecule has 2 aromatic heterocycles. The van der Waals surface area contributed by atoms with Crippen LogP contribution in [0.3, 0.4) is 0 Å². The molecule has 0 saturated carbocycles. The molecule has 0 spiro atoms. The second-order valence-corrected chi connectivity index (χ2v) is 8.02. The third-order valence-electron chi connectivity index (χ3n) is 5.48. The first-order chi connectivity index (χ1) is 13.1. The zero-order valence-electron chi connectivity index (χ0n) is 15.4. The minimum absolute atomic E-state index is 0.00100. The lowest BCUT2D eigenvalue weighted by Crippen LogP contribution is -2.40. The van der Waals surface area contributed by atoms with Gasteiger partial charge in [-0.15, -0.1) is 0 Å². The Balaban J connectivity index is 1.55. The number of aromatic nitrogens is 3. The molecule has 1 N–H and O–H groups in total. The fourth-order valence-corrected chi connectivity index (χ4v) is 3.49. The van der Waals surface area contributed by atoms with E-state index in [2.05, 4.69) is 33.7 Å². The maximum Gasteiger partial charge on any atom is 0.131 e. The minimum Gasteiger partial charge on any atom is -0.396 e. The van der Waals surface area contributed by atoms with Crippen molar-refractivity contribution >= 4 is 17.3 Å². The van der Waals surface area contributed by atoms with Crippen LogP contribution in [-0.4, -0.2) is 52.8 Å². The van der Waals surface area contributed by atoms with Crippen LogP contribution in [0.25, 0.3) is 0 Å². The van der Waals surface area contributed by atoms with Crippen molar-refractivity contribution in [2.75, 3.05) is 37.8 Å². The van der Waals surface area contributed by atoms with Crippen molar-refractivity contribution in [1.82, 2.24) is 14.8 Å². The molecule has 0 radical (unpaired) electrons. The topological polar surface area (TPSA) is 63.4 Å². The van der Waals surface area contributed by atoms with Gasteiger partial charge in [-0.1, -0.05) is 30.4 Å². The maximum absolute atomic E-state index is 9.59. The van der Waals surface area contributed by atoms with Gasteiger partial charge in [0, 0.05) is 38.2 Å². The van der Waals surface area contributed by atoms with E-state index in [4.69, 9.17) is 16.3 Å². The molecule has 6 nitrogen and oxygen atoms in total. The average molecular weight is 387 g/mol. The molecule has 142 valence electrons. The van der Waals surface area contributed by atoms with Crippen LogP contribution >= 0.6 is 11.6 Å². The molecular formula is C20H23ClN4O2. The summed E-state index contributed by atoms with van der Waals surface area (Å²) in [7, 11) is 0. The molecule has 4 rings (SSSR count). The number of nitrogens with zero attached hydrogens (tertiary/aromatic N) is 4. The van der Waals surface area contributed by atoms with Gasteiger partial charge in [-0.25, -0.2) is 4.98 Å². The molecule has 0 unspecified atom stereocenters. The number of anilines is 1. The van der Waals surface area contributed by atoms with E-state index in [0.717, 1.165) is 42.7 Å². The Labute approximate surface area is 164 Å². The van der Waals surface area contributed by atoms with Crippen molar-refractivity contribution in [3.8, 4) is 11.8 Å². The van der Waals surface area contributed by atoms with Gasteiger partial charge >= 0.3 is 0 Å². The summed E-state index contributed by atoms with van der Waals surface area (Å²) in [6, 6.07) is 2.20. The average Bonchev–Trinajstić information content (AvgIpc) is 3.08. The summed E-state index contributed by atoms with van der Waals surface area (Å²) in [6.45, 7) is 5.51. The predicted molar refractivity (Wildman–Crippen MR) is 104 cm³/mol. The number of pyridine rings is 1. The first-order valence-electron chi connectivity index (χ1n) is 9.22. The number of ether oxygens (including phenoxy) is 1. The largest absolute Gasteiger partial charge is 0.396 e. The molecule has 27 heavy (non-hydrogen) atoms. The van der Waals surface area contributed by atoms with Crippen LogP contribution in [-0.2, 0) is 4.74 Å². The van der Waals surface area contributed by atoms with Crippen LogP contribution in [0.5, 0.6) is 0 Å². The van der Waals surface area contributed by atoms with E-state index in [1.54, 1.807) is 12.4 Å². The lowest BCUT2D eigenvalue weighted by Gasteiger charge is -2.39. The van der Waals surface area contributed by atoms with E-state index >= 15 is 0 Å². The summed E-state index contributed by atoms with van der Waals surface area (Å²) in [5.74, 6) is 6.42. The number of piperidine rings is 1. The van der Waals surface area contributed by atoms with E-state index in [0.29, 0.717) is 24.4 Å². The lowest BCUT2D eigenvalue weighted by atomic mass is 9.81. The highest BCUT2D eigenvalue weighted by atomic mass is 35.5. The Hall–Kier alpha value is -2.07. The number of hydrogen-bond acceptors (Lipinski definition) is 5. The highest BCUT2D eigenvalue weighted by molar-refractivity contribution is 6.29. The molecular weight excluding hydrogens is 364 g/mol. The summed E-state index contributed by atoms with van der Waals surface area (Å²) in [6.07, 6.45) is 7.34. The number of aliphatic hydroxyl groups is 1. The van der Waals surface area contributed by atoms with Crippen molar-refractivity contribution < 1.29 is 9.84 Å². The van der Waals surface area contributed by atoms with Crippen molar-refractivity contribution in [3.05, 3.63) is 40.9 Å². The molecule has 2 fully saturated rings. The molecule has 0 atom stereocenters. The SMILES string of the molecule is CC1(CO)CCN(c2cc(Cl)ncc2C#Cc2cnn(C3COC3)c2)CC1. The number of rotatable bonds is 3. The van der Waals surface area contributed by atoms with Crippen LogP contribution in [0.4, 0.5) is 5.69 Å². The normalized spacial score (nSPS) is 19.3. The van der Waals surface area contributed by atoms with E-state index < -0.39 is 0 Å². The minimum atomic E-state index is -0.00100. The molecule has 4 heterocycles. The molecule has 2 aliphatic heterocycles. The first kappa shape index (κ1) is 18.3. The molecule has 2 aliphatic rings. The van der Waals surface area contributed by atoms with Gasteiger partial charge in [-0.3, -0.25) is 4.68 Å². The quantitative estimate of drug-likeness (QED) is 0.648. The highest BCUT2D eigenvalue weighted by Crippen LogP contribution is 2.34. The van der Waals surface area contributed by atoms with Gasteiger partial charge in [-0.2, -0.15) is 5.10 Å². The number of halogens is 1. The van der Waals surface area contributed by atoms with Crippen LogP contribution in [0, 0.1) is 17.3 Å². The van der Waals surface area contributed by atoms with Gasteiger partial charge in [0.1, 0.15) is 5.15 Å². The molecule has 0 amide bonds. The third-order valence-corrected chi connectivity index (χ3v) is 5.69. The van der Waals surface area contributed by atoms with Gasteiger partial charge in [0.25, 0.3) is 0 Å². The Morgan fingerprint density at radius 3 is 2.74 bits per heavy atom. The summed E-state index contributed by atoms with van der Waals surface area (Å²) >= 11 is 6.15. The van der Waals surface area contributed by atoms with Gasteiger partial charge in [0.2, 0.25) is 0 Å². The first-order valence-corrected chi connectivity index (χ1v) is 9.59. The fourth-order valence-electron chi connectivity index (χ4n) is 3.34. The van der Waals surface area contributed by atoms with E-state index in [1.165, 1.54) is 0 Å². The second-order valence-electron chi connectivity index (χ2n) is 7.63. The van der Waals surface area contributed by atoms with Gasteiger partial charge < -0.3 is 14.7 Å². The van der Waals surface area contributed by atoms with E-state index in [1.807, 2.05) is 16.9 Å². The summed E-state index contributed by atoms with van der Waals surface area (Å²) in [4.78, 5) is 6.49. The Kier molecular flexibility index (Phi) is 5.09. The molecule has 0 bridgehead atoms. The standard InChI is InChI=1S/C20H23ClN4O2/c1-20(14-26)4-6-24(7-5-20)18-8-19(21)22-10-16(18)3-2-15-9-23-25(11-15)17-12-27-13-17/h8-11,17,26H,4-7,12-14H2,1H3. The van der Waals surface area contributed by atoms with Crippen LogP contribution < -0.4 is 4.90 Å². The van der Waals surface area contributed by atoms with Gasteiger partial charge in [0.15, 0.2) is 0 Å². The molecule has 2 aromatic rings. The number of hydrogen-bond donors (Lipinski definition) is 1.